The first-order chi connectivity index (χ1) is 14.5. The Morgan fingerprint density at radius 2 is 1.87 bits per heavy atom. The van der Waals surface area contributed by atoms with E-state index < -0.39 is 0 Å². The third kappa shape index (κ3) is 4.10. The fourth-order valence-corrected chi connectivity index (χ4v) is 3.05. The zero-order valence-corrected chi connectivity index (χ0v) is 16.6. The first-order valence-corrected chi connectivity index (χ1v) is 9.44. The van der Waals surface area contributed by atoms with Crippen LogP contribution in [0.4, 0.5) is 15.9 Å². The van der Waals surface area contributed by atoms with Gasteiger partial charge in [0.05, 0.1) is 5.52 Å². The standard InChI is InChI=1S/C23H21FN4O2/c1-28(2)17-9-7-15(8-10-17)23(29)25-22-19-13-18(11-12-21(19)26-27-22)30-14-16-5-3-4-6-20(16)24/h3-13H,14H2,1-2H3,(H2,25,26,27,29). The van der Waals surface area contributed by atoms with Gasteiger partial charge >= 0.3 is 0 Å². The second-order valence-electron chi connectivity index (χ2n) is 7.06. The molecule has 152 valence electrons. The van der Waals surface area contributed by atoms with E-state index in [-0.39, 0.29) is 18.3 Å². The van der Waals surface area contributed by atoms with Gasteiger partial charge in [0.1, 0.15) is 18.2 Å². The van der Waals surface area contributed by atoms with E-state index in [2.05, 4.69) is 15.5 Å². The molecular weight excluding hydrogens is 383 g/mol. The molecule has 1 aromatic heterocycles. The summed E-state index contributed by atoms with van der Waals surface area (Å²) in [5, 5.41) is 10.6. The van der Waals surface area contributed by atoms with Gasteiger partial charge in [0.15, 0.2) is 5.82 Å². The van der Waals surface area contributed by atoms with E-state index in [9.17, 15) is 9.18 Å². The van der Waals surface area contributed by atoms with Crippen LogP contribution < -0.4 is 15.0 Å². The Bertz CT molecular complexity index is 1190. The smallest absolute Gasteiger partial charge is 0.256 e. The molecule has 0 atom stereocenters. The monoisotopic (exact) mass is 404 g/mol. The van der Waals surface area contributed by atoms with Gasteiger partial charge in [-0.2, -0.15) is 5.10 Å². The molecule has 1 heterocycles. The Labute approximate surface area is 173 Å². The maximum atomic E-state index is 13.8. The second kappa shape index (κ2) is 8.24. The van der Waals surface area contributed by atoms with Gasteiger partial charge in [-0.25, -0.2) is 4.39 Å². The van der Waals surface area contributed by atoms with Gasteiger partial charge in [0.25, 0.3) is 5.91 Å². The molecule has 7 heteroatoms. The summed E-state index contributed by atoms with van der Waals surface area (Å²) in [6, 6.07) is 19.1. The minimum absolute atomic E-state index is 0.107. The predicted octanol–water partition coefficient (Wildman–Crippen LogP) is 4.60. The molecule has 0 saturated heterocycles. The van der Waals surface area contributed by atoms with Crippen molar-refractivity contribution in [3.8, 4) is 5.75 Å². The fraction of sp³-hybridized carbons (Fsp3) is 0.130. The molecule has 0 aliphatic carbocycles. The van der Waals surface area contributed by atoms with E-state index in [4.69, 9.17) is 4.74 Å². The number of ether oxygens (including phenoxy) is 1. The van der Waals surface area contributed by atoms with E-state index in [1.165, 1.54) is 6.07 Å². The van der Waals surface area contributed by atoms with Crippen molar-refractivity contribution in [3.05, 3.63) is 83.7 Å². The molecule has 30 heavy (non-hydrogen) atoms. The number of carbonyl (C=O) groups excluding carboxylic acids is 1. The molecule has 0 aliphatic rings. The highest BCUT2D eigenvalue weighted by molar-refractivity contribution is 6.08. The van der Waals surface area contributed by atoms with Crippen molar-refractivity contribution in [2.75, 3.05) is 24.3 Å². The number of hydrogen-bond donors (Lipinski definition) is 2. The van der Waals surface area contributed by atoms with E-state index in [0.717, 1.165) is 11.2 Å². The quantitative estimate of drug-likeness (QED) is 0.493. The first-order valence-electron chi connectivity index (χ1n) is 9.44. The van der Waals surface area contributed by atoms with E-state index >= 15 is 0 Å². The number of benzene rings is 3. The summed E-state index contributed by atoms with van der Waals surface area (Å²) in [7, 11) is 3.88. The zero-order valence-electron chi connectivity index (χ0n) is 16.6. The number of nitrogens with one attached hydrogen (secondary N) is 2. The molecule has 0 unspecified atom stereocenters. The Kier molecular flexibility index (Phi) is 5.34. The average Bonchev–Trinajstić information content (AvgIpc) is 3.15. The van der Waals surface area contributed by atoms with E-state index in [1.807, 2.05) is 31.1 Å². The summed E-state index contributed by atoms with van der Waals surface area (Å²) >= 11 is 0. The van der Waals surface area contributed by atoms with E-state index in [0.29, 0.717) is 28.1 Å². The Morgan fingerprint density at radius 1 is 1.10 bits per heavy atom. The summed E-state index contributed by atoms with van der Waals surface area (Å²) < 4.78 is 19.5. The molecule has 0 fully saturated rings. The van der Waals surface area contributed by atoms with Crippen molar-refractivity contribution in [1.82, 2.24) is 10.2 Å². The topological polar surface area (TPSA) is 70.2 Å². The maximum absolute atomic E-state index is 13.8. The third-order valence-corrected chi connectivity index (χ3v) is 4.76. The molecule has 2 N–H and O–H groups in total. The fourth-order valence-electron chi connectivity index (χ4n) is 3.05. The molecule has 0 aliphatic heterocycles. The normalized spacial score (nSPS) is 10.8. The van der Waals surface area contributed by atoms with Crippen molar-refractivity contribution in [1.29, 1.82) is 0 Å². The van der Waals surface area contributed by atoms with Crippen LogP contribution in [0.3, 0.4) is 0 Å². The summed E-state index contributed by atoms with van der Waals surface area (Å²) in [4.78, 5) is 14.6. The summed E-state index contributed by atoms with van der Waals surface area (Å²) in [6.45, 7) is 0.107. The lowest BCUT2D eigenvalue weighted by atomic mass is 10.2. The highest BCUT2D eigenvalue weighted by Crippen LogP contribution is 2.26. The molecule has 4 aromatic rings. The largest absolute Gasteiger partial charge is 0.489 e. The van der Waals surface area contributed by atoms with Crippen LogP contribution in [0.5, 0.6) is 5.75 Å². The predicted molar refractivity (Wildman–Crippen MR) is 116 cm³/mol. The van der Waals surface area contributed by atoms with Gasteiger partial charge in [-0.3, -0.25) is 9.89 Å². The lowest BCUT2D eigenvalue weighted by Gasteiger charge is -2.12. The van der Waals surface area contributed by atoms with Crippen LogP contribution in [0.15, 0.2) is 66.7 Å². The van der Waals surface area contributed by atoms with Crippen LogP contribution in [0, 0.1) is 5.82 Å². The third-order valence-electron chi connectivity index (χ3n) is 4.76. The number of amides is 1. The van der Waals surface area contributed by atoms with Gasteiger partial charge in [0.2, 0.25) is 0 Å². The molecule has 0 radical (unpaired) electrons. The summed E-state index contributed by atoms with van der Waals surface area (Å²) in [5.74, 6) is 0.391. The molecule has 3 aromatic carbocycles. The number of halogens is 1. The highest BCUT2D eigenvalue weighted by Gasteiger charge is 2.13. The van der Waals surface area contributed by atoms with Crippen molar-refractivity contribution >= 4 is 28.3 Å². The van der Waals surface area contributed by atoms with Crippen LogP contribution in [0.2, 0.25) is 0 Å². The van der Waals surface area contributed by atoms with Crippen LogP contribution in [0.1, 0.15) is 15.9 Å². The van der Waals surface area contributed by atoms with Crippen molar-refractivity contribution in [3.63, 3.8) is 0 Å². The van der Waals surface area contributed by atoms with Crippen molar-refractivity contribution in [2.24, 2.45) is 0 Å². The van der Waals surface area contributed by atoms with Gasteiger partial charge in [0, 0.05) is 36.3 Å². The zero-order chi connectivity index (χ0) is 21.1. The number of anilines is 2. The van der Waals surface area contributed by atoms with Crippen LogP contribution in [-0.2, 0) is 6.61 Å². The van der Waals surface area contributed by atoms with Crippen molar-refractivity contribution in [2.45, 2.75) is 6.61 Å². The highest BCUT2D eigenvalue weighted by atomic mass is 19.1. The molecule has 4 rings (SSSR count). The molecular formula is C23H21FN4O2. The number of aromatic nitrogens is 2. The minimum Gasteiger partial charge on any atom is -0.489 e. The summed E-state index contributed by atoms with van der Waals surface area (Å²) in [5.41, 5.74) is 2.77. The second-order valence-corrected chi connectivity index (χ2v) is 7.06. The Balaban J connectivity index is 1.51. The SMILES string of the molecule is CN(C)c1ccc(C(=O)Nc2n[nH]c3ccc(OCc4ccccc4F)cc23)cc1. The van der Waals surface area contributed by atoms with Gasteiger partial charge in [-0.15, -0.1) is 0 Å². The molecule has 0 spiro atoms. The lowest BCUT2D eigenvalue weighted by Crippen LogP contribution is -2.13. The molecule has 0 saturated carbocycles. The molecule has 0 bridgehead atoms. The number of nitrogens with zero attached hydrogens (tertiary/aromatic N) is 2. The van der Waals surface area contributed by atoms with Crippen LogP contribution in [-0.4, -0.2) is 30.2 Å². The molecule has 6 nitrogen and oxygen atoms in total. The Morgan fingerprint density at radius 3 is 2.60 bits per heavy atom. The van der Waals surface area contributed by atoms with Gasteiger partial charge in [-0.1, -0.05) is 18.2 Å². The number of rotatable bonds is 6. The number of fused-ring (bicyclic) bond motifs is 1. The average molecular weight is 404 g/mol. The molecule has 1 amide bonds. The van der Waals surface area contributed by atoms with Crippen molar-refractivity contribution < 1.29 is 13.9 Å². The van der Waals surface area contributed by atoms with Gasteiger partial charge in [-0.05, 0) is 48.5 Å². The minimum atomic E-state index is -0.310. The maximum Gasteiger partial charge on any atom is 0.256 e. The van der Waals surface area contributed by atoms with E-state index in [1.54, 1.807) is 48.5 Å². The number of aromatic amines is 1. The number of hydrogen-bond acceptors (Lipinski definition) is 4. The van der Waals surface area contributed by atoms with Crippen LogP contribution in [0.25, 0.3) is 10.9 Å². The number of H-pyrrole nitrogens is 1. The van der Waals surface area contributed by atoms with Gasteiger partial charge < -0.3 is 15.0 Å². The number of carbonyl (C=O) groups is 1. The van der Waals surface area contributed by atoms with Crippen LogP contribution >= 0.6 is 0 Å². The summed E-state index contributed by atoms with van der Waals surface area (Å²) in [6.07, 6.45) is 0. The first kappa shape index (κ1) is 19.4. The lowest BCUT2D eigenvalue weighted by molar-refractivity contribution is 0.102. The Hall–Kier alpha value is -3.87.